The highest BCUT2D eigenvalue weighted by molar-refractivity contribution is 5.02. The third-order valence-corrected chi connectivity index (χ3v) is 3.53. The fraction of sp³-hybridized carbons (Fsp3) is 1.00. The van der Waals surface area contributed by atoms with E-state index < -0.39 is 29.6 Å². The molecule has 1 N–H and O–H groups in total. The van der Waals surface area contributed by atoms with Gasteiger partial charge in [0.15, 0.2) is 11.6 Å². The van der Waals surface area contributed by atoms with Gasteiger partial charge in [-0.05, 0) is 27.7 Å². The van der Waals surface area contributed by atoms with Gasteiger partial charge in [0.2, 0.25) is 5.79 Å². The molecule has 104 valence electrons. The molecule has 3 aliphatic rings. The van der Waals surface area contributed by atoms with E-state index in [4.69, 9.17) is 23.7 Å². The fourth-order valence-corrected chi connectivity index (χ4v) is 2.71. The van der Waals surface area contributed by atoms with Crippen molar-refractivity contribution in [3.8, 4) is 0 Å². The molecule has 3 heterocycles. The molecule has 3 fully saturated rings. The summed E-state index contributed by atoms with van der Waals surface area (Å²) in [5, 5.41) is 10.4. The van der Waals surface area contributed by atoms with Crippen LogP contribution in [0.1, 0.15) is 27.7 Å². The topological polar surface area (TPSA) is 66.4 Å². The lowest BCUT2D eigenvalue weighted by Gasteiger charge is -2.37. The summed E-state index contributed by atoms with van der Waals surface area (Å²) >= 11 is 0. The molecule has 1 unspecified atom stereocenters. The Bertz CT molecular complexity index is 352. The zero-order chi connectivity index (χ0) is 13.2. The zero-order valence-corrected chi connectivity index (χ0v) is 11.1. The quantitative estimate of drug-likeness (QED) is 0.679. The zero-order valence-electron chi connectivity index (χ0n) is 11.1. The summed E-state index contributed by atoms with van der Waals surface area (Å²) in [6.45, 7) is 7.79. The van der Waals surface area contributed by atoms with Crippen molar-refractivity contribution in [2.75, 3.05) is 13.2 Å². The minimum Gasteiger partial charge on any atom is -0.385 e. The van der Waals surface area contributed by atoms with Gasteiger partial charge in [-0.25, -0.2) is 0 Å². The van der Waals surface area contributed by atoms with Crippen LogP contribution in [0.3, 0.4) is 0 Å². The van der Waals surface area contributed by atoms with Crippen LogP contribution in [0.25, 0.3) is 0 Å². The van der Waals surface area contributed by atoms with Gasteiger partial charge in [-0.1, -0.05) is 0 Å². The summed E-state index contributed by atoms with van der Waals surface area (Å²) in [4.78, 5) is 0. The van der Waals surface area contributed by atoms with Crippen LogP contribution in [0.5, 0.6) is 0 Å². The first-order chi connectivity index (χ1) is 8.23. The monoisotopic (exact) mass is 260 g/mol. The number of ether oxygens (including phenoxy) is 5. The maximum absolute atomic E-state index is 10.4. The highest BCUT2D eigenvalue weighted by Crippen LogP contribution is 2.45. The Labute approximate surface area is 106 Å². The number of hydrogen-bond acceptors (Lipinski definition) is 6. The number of rotatable bonds is 0. The minimum absolute atomic E-state index is 0.192. The Hall–Kier alpha value is -0.240. The average molecular weight is 260 g/mol. The van der Waals surface area contributed by atoms with Crippen molar-refractivity contribution < 1.29 is 28.8 Å². The highest BCUT2D eigenvalue weighted by Gasteiger charge is 2.64. The summed E-state index contributed by atoms with van der Waals surface area (Å²) in [5.41, 5.74) is 0. The Balaban J connectivity index is 1.82. The lowest BCUT2D eigenvalue weighted by atomic mass is 10.0. The van der Waals surface area contributed by atoms with Crippen LogP contribution in [-0.2, 0) is 23.7 Å². The third kappa shape index (κ3) is 1.88. The predicted molar refractivity (Wildman–Crippen MR) is 59.6 cm³/mol. The van der Waals surface area contributed by atoms with Gasteiger partial charge in [0.1, 0.15) is 24.9 Å². The van der Waals surface area contributed by atoms with Crippen molar-refractivity contribution >= 4 is 0 Å². The van der Waals surface area contributed by atoms with Gasteiger partial charge in [-0.15, -0.1) is 0 Å². The standard InChI is InChI=1S/C12H20O6/c1-10(2)14-5-7-8(17-10)9(13)12(16-7)6-15-11(3,4)18-12/h7-9,13H,5-6H2,1-4H3/t7-,8?,9+,12-/m0/s1. The summed E-state index contributed by atoms with van der Waals surface area (Å²) in [7, 11) is 0. The first-order valence-corrected chi connectivity index (χ1v) is 6.25. The maximum atomic E-state index is 10.4. The molecule has 0 radical (unpaired) electrons. The lowest BCUT2D eigenvalue weighted by molar-refractivity contribution is -0.303. The summed E-state index contributed by atoms with van der Waals surface area (Å²) in [6.07, 6.45) is -1.66. The van der Waals surface area contributed by atoms with Crippen LogP contribution in [-0.4, -0.2) is 54.0 Å². The van der Waals surface area contributed by atoms with Crippen LogP contribution in [0.2, 0.25) is 0 Å². The second-order valence-corrected chi connectivity index (χ2v) is 6.00. The molecule has 4 atom stereocenters. The molecule has 3 saturated heterocycles. The Kier molecular flexibility index (Phi) is 2.59. The number of hydrogen-bond donors (Lipinski definition) is 1. The molecular formula is C12H20O6. The van der Waals surface area contributed by atoms with Gasteiger partial charge in [-0.3, -0.25) is 0 Å². The van der Waals surface area contributed by atoms with Crippen LogP contribution in [0.4, 0.5) is 0 Å². The number of aliphatic hydroxyl groups excluding tert-OH is 1. The number of fused-ring (bicyclic) bond motifs is 1. The summed E-state index contributed by atoms with van der Waals surface area (Å²) in [6, 6.07) is 0. The molecule has 0 amide bonds. The van der Waals surface area contributed by atoms with Gasteiger partial charge in [0.25, 0.3) is 0 Å². The fourth-order valence-electron chi connectivity index (χ4n) is 2.71. The van der Waals surface area contributed by atoms with Crippen LogP contribution >= 0.6 is 0 Å². The average Bonchev–Trinajstić information content (AvgIpc) is 2.68. The van der Waals surface area contributed by atoms with Gasteiger partial charge >= 0.3 is 0 Å². The van der Waals surface area contributed by atoms with Gasteiger partial charge < -0.3 is 28.8 Å². The van der Waals surface area contributed by atoms with Crippen molar-refractivity contribution in [1.82, 2.24) is 0 Å². The van der Waals surface area contributed by atoms with Crippen molar-refractivity contribution in [2.45, 2.75) is 63.4 Å². The van der Waals surface area contributed by atoms with Crippen molar-refractivity contribution in [1.29, 1.82) is 0 Å². The third-order valence-electron chi connectivity index (χ3n) is 3.53. The van der Waals surface area contributed by atoms with Crippen molar-refractivity contribution in [2.24, 2.45) is 0 Å². The number of aliphatic hydroxyl groups is 1. The molecule has 0 bridgehead atoms. The van der Waals surface area contributed by atoms with E-state index in [1.807, 2.05) is 13.8 Å². The Morgan fingerprint density at radius 3 is 2.33 bits per heavy atom. The molecule has 6 nitrogen and oxygen atoms in total. The molecule has 0 aliphatic carbocycles. The van der Waals surface area contributed by atoms with Crippen LogP contribution < -0.4 is 0 Å². The van der Waals surface area contributed by atoms with E-state index in [2.05, 4.69) is 0 Å². The molecule has 18 heavy (non-hydrogen) atoms. The molecular weight excluding hydrogens is 240 g/mol. The van der Waals surface area contributed by atoms with E-state index >= 15 is 0 Å². The van der Waals surface area contributed by atoms with E-state index in [9.17, 15) is 5.11 Å². The second kappa shape index (κ2) is 3.65. The van der Waals surface area contributed by atoms with E-state index in [1.54, 1.807) is 13.8 Å². The largest absolute Gasteiger partial charge is 0.385 e. The molecule has 0 aromatic heterocycles. The molecule has 0 aromatic carbocycles. The van der Waals surface area contributed by atoms with E-state index in [-0.39, 0.29) is 12.7 Å². The molecule has 0 saturated carbocycles. The molecule has 6 heteroatoms. The first kappa shape index (κ1) is 12.8. The van der Waals surface area contributed by atoms with Crippen molar-refractivity contribution in [3.63, 3.8) is 0 Å². The lowest BCUT2D eigenvalue weighted by Crippen LogP contribution is -2.52. The summed E-state index contributed by atoms with van der Waals surface area (Å²) in [5.74, 6) is -2.61. The highest BCUT2D eigenvalue weighted by atomic mass is 16.9. The van der Waals surface area contributed by atoms with E-state index in [0.717, 1.165) is 0 Å². The minimum atomic E-state index is -1.14. The predicted octanol–water partition coefficient (Wildman–Crippen LogP) is 0.377. The van der Waals surface area contributed by atoms with E-state index in [0.29, 0.717) is 6.61 Å². The second-order valence-electron chi connectivity index (χ2n) is 6.00. The first-order valence-electron chi connectivity index (χ1n) is 6.25. The molecule has 1 spiro atoms. The van der Waals surface area contributed by atoms with Gasteiger partial charge in [-0.2, -0.15) is 0 Å². The smallest absolute Gasteiger partial charge is 0.224 e. The Morgan fingerprint density at radius 1 is 1.00 bits per heavy atom. The van der Waals surface area contributed by atoms with Gasteiger partial charge in [0.05, 0.1) is 6.61 Å². The van der Waals surface area contributed by atoms with Crippen LogP contribution in [0, 0.1) is 0 Å². The normalized spacial score (nSPS) is 49.5. The maximum Gasteiger partial charge on any atom is 0.224 e. The summed E-state index contributed by atoms with van der Waals surface area (Å²) < 4.78 is 28.3. The van der Waals surface area contributed by atoms with E-state index in [1.165, 1.54) is 0 Å². The van der Waals surface area contributed by atoms with Crippen molar-refractivity contribution in [3.05, 3.63) is 0 Å². The molecule has 3 aliphatic heterocycles. The molecule has 3 rings (SSSR count). The SMILES string of the molecule is CC1(C)OC[C@@H]2O[C@]3(COC(C)(C)O3)[C@H](O)C2O1. The molecule has 0 aromatic rings. The van der Waals surface area contributed by atoms with Gasteiger partial charge in [0, 0.05) is 0 Å². The van der Waals surface area contributed by atoms with Crippen LogP contribution in [0.15, 0.2) is 0 Å². The Morgan fingerprint density at radius 2 is 1.72 bits per heavy atom.